The molecule has 0 saturated carbocycles. The van der Waals surface area contributed by atoms with Gasteiger partial charge in [-0.2, -0.15) is 8.42 Å². The van der Waals surface area contributed by atoms with Crippen LogP contribution in [0.3, 0.4) is 0 Å². The number of anilines is 1. The van der Waals surface area contributed by atoms with Crippen LogP contribution in [0.15, 0.2) is 84.9 Å². The third-order valence-corrected chi connectivity index (χ3v) is 4.98. The van der Waals surface area contributed by atoms with Crippen molar-refractivity contribution in [1.82, 2.24) is 0 Å². The average Bonchev–Trinajstić information content (AvgIpc) is 2.63. The average molecular weight is 367 g/mol. The molecule has 0 bridgehead atoms. The zero-order valence-corrected chi connectivity index (χ0v) is 14.6. The summed E-state index contributed by atoms with van der Waals surface area (Å²) in [4.78, 5) is 12.5. The van der Waals surface area contributed by atoms with Crippen LogP contribution in [0.4, 0.5) is 5.69 Å². The minimum atomic E-state index is -4.60. The molecule has 0 heterocycles. The lowest BCUT2D eigenvalue weighted by Gasteiger charge is -2.14. The highest BCUT2D eigenvalue weighted by molar-refractivity contribution is 7.86. The molecular weight excluding hydrogens is 350 g/mol. The highest BCUT2D eigenvalue weighted by Crippen LogP contribution is 2.25. The summed E-state index contributed by atoms with van der Waals surface area (Å²) >= 11 is 0. The third kappa shape index (κ3) is 4.17. The van der Waals surface area contributed by atoms with Gasteiger partial charge in [0.2, 0.25) is 5.91 Å². The first-order valence-electron chi connectivity index (χ1n) is 7.93. The van der Waals surface area contributed by atoms with Crippen LogP contribution in [-0.2, 0) is 14.9 Å². The summed E-state index contributed by atoms with van der Waals surface area (Å²) in [5.74, 6) is -0.814. The molecule has 0 aliphatic heterocycles. The first kappa shape index (κ1) is 17.8. The van der Waals surface area contributed by atoms with E-state index in [4.69, 9.17) is 0 Å². The first-order valence-corrected chi connectivity index (χ1v) is 9.43. The standard InChI is InChI=1S/C20H17NO4S/c22-20(19(26(23,24)25)17-9-5-2-6-10-17)21-18-13-11-16(12-14-18)15-7-3-1-4-8-15/h1-14,19H,(H,21,22)(H,23,24,25). The van der Waals surface area contributed by atoms with Crippen molar-refractivity contribution in [1.29, 1.82) is 0 Å². The number of hydrogen-bond acceptors (Lipinski definition) is 3. The normalized spacial score (nSPS) is 12.3. The molecular formula is C20H17NO4S. The summed E-state index contributed by atoms with van der Waals surface area (Å²) in [7, 11) is -4.60. The van der Waals surface area contributed by atoms with Crippen LogP contribution in [0.5, 0.6) is 0 Å². The van der Waals surface area contributed by atoms with Gasteiger partial charge in [-0.1, -0.05) is 72.8 Å². The number of carbonyl (C=O) groups excluding carboxylic acids is 1. The van der Waals surface area contributed by atoms with Crippen LogP contribution < -0.4 is 5.32 Å². The summed E-state index contributed by atoms with van der Waals surface area (Å²) in [6.45, 7) is 0. The number of hydrogen-bond donors (Lipinski definition) is 2. The van der Waals surface area contributed by atoms with Crippen molar-refractivity contribution >= 4 is 21.7 Å². The molecule has 6 heteroatoms. The maximum atomic E-state index is 12.5. The van der Waals surface area contributed by atoms with Crippen molar-refractivity contribution in [3.63, 3.8) is 0 Å². The molecule has 0 radical (unpaired) electrons. The summed E-state index contributed by atoms with van der Waals surface area (Å²) in [5, 5.41) is 0.865. The highest BCUT2D eigenvalue weighted by Gasteiger charge is 2.32. The lowest BCUT2D eigenvalue weighted by atomic mass is 10.1. The van der Waals surface area contributed by atoms with E-state index in [9.17, 15) is 17.8 Å². The van der Waals surface area contributed by atoms with E-state index in [2.05, 4.69) is 5.32 Å². The Kier molecular flexibility index (Phi) is 5.16. The van der Waals surface area contributed by atoms with Gasteiger partial charge in [0, 0.05) is 5.69 Å². The molecule has 1 amide bonds. The molecule has 0 saturated heterocycles. The predicted octanol–water partition coefficient (Wildman–Crippen LogP) is 3.92. The van der Waals surface area contributed by atoms with Crippen LogP contribution in [-0.4, -0.2) is 18.9 Å². The molecule has 3 aromatic rings. The molecule has 132 valence electrons. The third-order valence-electron chi connectivity index (χ3n) is 3.90. The molecule has 5 nitrogen and oxygen atoms in total. The molecule has 0 aliphatic rings. The molecule has 1 atom stereocenters. The Hall–Kier alpha value is -2.96. The summed E-state index contributed by atoms with van der Waals surface area (Å²) in [6.07, 6.45) is 0. The fraction of sp³-hybridized carbons (Fsp3) is 0.0500. The zero-order chi connectivity index (χ0) is 18.6. The zero-order valence-electron chi connectivity index (χ0n) is 13.7. The lowest BCUT2D eigenvalue weighted by molar-refractivity contribution is -0.116. The van der Waals surface area contributed by atoms with Gasteiger partial charge in [-0.05, 0) is 28.8 Å². The minimum absolute atomic E-state index is 0.202. The van der Waals surface area contributed by atoms with Crippen molar-refractivity contribution in [3.05, 3.63) is 90.5 Å². The van der Waals surface area contributed by atoms with Gasteiger partial charge in [0.15, 0.2) is 5.25 Å². The number of rotatable bonds is 5. The van der Waals surface area contributed by atoms with E-state index in [-0.39, 0.29) is 5.56 Å². The van der Waals surface area contributed by atoms with Crippen molar-refractivity contribution in [2.45, 2.75) is 5.25 Å². The fourth-order valence-corrected chi connectivity index (χ4v) is 3.50. The van der Waals surface area contributed by atoms with Crippen molar-refractivity contribution in [2.75, 3.05) is 5.32 Å². The number of amides is 1. The van der Waals surface area contributed by atoms with Crippen LogP contribution in [0.25, 0.3) is 11.1 Å². The van der Waals surface area contributed by atoms with Crippen molar-refractivity contribution in [3.8, 4) is 11.1 Å². The van der Waals surface area contributed by atoms with E-state index in [1.807, 2.05) is 42.5 Å². The van der Waals surface area contributed by atoms with Crippen LogP contribution >= 0.6 is 0 Å². The van der Waals surface area contributed by atoms with E-state index in [1.54, 1.807) is 30.3 Å². The SMILES string of the molecule is O=C(Nc1ccc(-c2ccccc2)cc1)C(c1ccccc1)S(=O)(=O)O. The summed E-state index contributed by atoms with van der Waals surface area (Å²) in [6, 6.07) is 24.6. The van der Waals surface area contributed by atoms with Gasteiger partial charge in [-0.3, -0.25) is 9.35 Å². The van der Waals surface area contributed by atoms with Gasteiger partial charge >= 0.3 is 0 Å². The largest absolute Gasteiger partial charge is 0.325 e. The molecule has 3 aromatic carbocycles. The minimum Gasteiger partial charge on any atom is -0.325 e. The van der Waals surface area contributed by atoms with E-state index in [1.165, 1.54) is 12.1 Å². The molecule has 0 spiro atoms. The topological polar surface area (TPSA) is 83.5 Å². The second kappa shape index (κ2) is 7.51. The van der Waals surface area contributed by atoms with Gasteiger partial charge in [-0.25, -0.2) is 0 Å². The Bertz CT molecular complexity index is 985. The first-order chi connectivity index (χ1) is 12.4. The Morgan fingerprint density at radius 1 is 0.769 bits per heavy atom. The molecule has 3 rings (SSSR count). The number of carbonyl (C=O) groups is 1. The Morgan fingerprint density at radius 2 is 1.27 bits per heavy atom. The van der Waals surface area contributed by atoms with Gasteiger partial charge < -0.3 is 5.32 Å². The van der Waals surface area contributed by atoms with Gasteiger partial charge in [-0.15, -0.1) is 0 Å². The number of nitrogens with one attached hydrogen (secondary N) is 1. The lowest BCUT2D eigenvalue weighted by Crippen LogP contribution is -2.27. The van der Waals surface area contributed by atoms with E-state index < -0.39 is 21.3 Å². The molecule has 0 aromatic heterocycles. The number of benzene rings is 3. The maximum absolute atomic E-state index is 12.5. The predicted molar refractivity (Wildman–Crippen MR) is 101 cm³/mol. The summed E-state index contributed by atoms with van der Waals surface area (Å²) in [5.41, 5.74) is 2.65. The molecule has 0 aliphatic carbocycles. The van der Waals surface area contributed by atoms with Crippen molar-refractivity contribution < 1.29 is 17.8 Å². The van der Waals surface area contributed by atoms with Gasteiger partial charge in [0.1, 0.15) is 0 Å². The van der Waals surface area contributed by atoms with Crippen LogP contribution in [0.1, 0.15) is 10.8 Å². The quantitative estimate of drug-likeness (QED) is 0.670. The smallest absolute Gasteiger partial charge is 0.281 e. The Morgan fingerprint density at radius 3 is 1.81 bits per heavy atom. The second-order valence-electron chi connectivity index (χ2n) is 5.74. The van der Waals surface area contributed by atoms with Gasteiger partial charge in [0.25, 0.3) is 10.1 Å². The van der Waals surface area contributed by atoms with E-state index in [0.29, 0.717) is 5.69 Å². The Labute approximate surface area is 152 Å². The van der Waals surface area contributed by atoms with Crippen LogP contribution in [0.2, 0.25) is 0 Å². The van der Waals surface area contributed by atoms with Crippen LogP contribution in [0, 0.1) is 0 Å². The molecule has 1 unspecified atom stereocenters. The monoisotopic (exact) mass is 367 g/mol. The Balaban J connectivity index is 1.82. The highest BCUT2D eigenvalue weighted by atomic mass is 32.2. The molecule has 26 heavy (non-hydrogen) atoms. The summed E-state index contributed by atoms with van der Waals surface area (Å²) < 4.78 is 32.9. The second-order valence-corrected chi connectivity index (χ2v) is 7.24. The molecule has 2 N–H and O–H groups in total. The van der Waals surface area contributed by atoms with E-state index in [0.717, 1.165) is 11.1 Å². The van der Waals surface area contributed by atoms with Crippen molar-refractivity contribution in [2.24, 2.45) is 0 Å². The molecule has 0 fully saturated rings. The van der Waals surface area contributed by atoms with E-state index >= 15 is 0 Å². The maximum Gasteiger partial charge on any atom is 0.281 e. The fourth-order valence-electron chi connectivity index (χ4n) is 2.67. The van der Waals surface area contributed by atoms with Gasteiger partial charge in [0.05, 0.1) is 0 Å².